The van der Waals surface area contributed by atoms with Gasteiger partial charge in [0.2, 0.25) is 10.0 Å². The molecule has 7 nitrogen and oxygen atoms in total. The minimum Gasteiger partial charge on any atom is -0.480 e. The molecule has 1 heterocycles. The van der Waals surface area contributed by atoms with Crippen LogP contribution in [0.15, 0.2) is 35.5 Å². The number of benzene rings is 1. The first-order valence-corrected chi connectivity index (χ1v) is 7.95. The highest BCUT2D eigenvalue weighted by Crippen LogP contribution is 2.21. The van der Waals surface area contributed by atoms with Gasteiger partial charge in [0.15, 0.2) is 0 Å². The first kappa shape index (κ1) is 17.0. The average Bonchev–Trinajstić information content (AvgIpc) is 2.97. The van der Waals surface area contributed by atoms with Gasteiger partial charge in [-0.2, -0.15) is 9.82 Å². The lowest BCUT2D eigenvalue weighted by Gasteiger charge is -2.15. The zero-order valence-corrected chi connectivity index (χ0v) is 12.7. The van der Waals surface area contributed by atoms with E-state index in [0.717, 1.165) is 18.3 Å². The predicted molar refractivity (Wildman–Crippen MR) is 75.0 cm³/mol. The molecule has 0 aliphatic rings. The Balaban J connectivity index is 2.39. The summed E-state index contributed by atoms with van der Waals surface area (Å²) in [5.41, 5.74) is -0.621. The molecule has 0 fully saturated rings. The van der Waals surface area contributed by atoms with Crippen LogP contribution in [0.4, 0.5) is 8.78 Å². The number of nitrogens with one attached hydrogen (secondary N) is 1. The predicted octanol–water partition coefficient (Wildman–Crippen LogP) is 1.29. The molecule has 10 heteroatoms. The lowest BCUT2D eigenvalue weighted by Crippen LogP contribution is -2.34. The zero-order valence-electron chi connectivity index (χ0n) is 11.9. The van der Waals surface area contributed by atoms with E-state index in [2.05, 4.69) is 5.10 Å². The number of carboxylic acids is 1. The topological polar surface area (TPSA) is 101 Å². The molecular weight excluding hydrogens is 332 g/mol. The third-order valence-electron chi connectivity index (χ3n) is 3.03. The molecule has 1 unspecified atom stereocenters. The van der Waals surface area contributed by atoms with Gasteiger partial charge < -0.3 is 5.11 Å². The van der Waals surface area contributed by atoms with E-state index in [1.807, 2.05) is 4.72 Å². The van der Waals surface area contributed by atoms with Crippen molar-refractivity contribution in [1.82, 2.24) is 14.5 Å². The van der Waals surface area contributed by atoms with Crippen LogP contribution in [0.5, 0.6) is 0 Å². The number of carboxylic acid groups (broad SMARTS) is 1. The quantitative estimate of drug-likeness (QED) is 0.821. The molecule has 0 spiro atoms. The second kappa shape index (κ2) is 6.42. The van der Waals surface area contributed by atoms with Crippen LogP contribution in [0, 0.1) is 11.6 Å². The minimum absolute atomic E-state index is 0.276. The number of halogens is 2. The largest absolute Gasteiger partial charge is 0.480 e. The first-order chi connectivity index (χ1) is 10.7. The van der Waals surface area contributed by atoms with Gasteiger partial charge in [-0.15, -0.1) is 0 Å². The van der Waals surface area contributed by atoms with E-state index in [1.54, 1.807) is 6.92 Å². The van der Waals surface area contributed by atoms with E-state index in [4.69, 9.17) is 5.11 Å². The molecule has 0 bridgehead atoms. The van der Waals surface area contributed by atoms with E-state index >= 15 is 0 Å². The van der Waals surface area contributed by atoms with Crippen molar-refractivity contribution in [2.45, 2.75) is 24.4 Å². The Morgan fingerprint density at radius 3 is 2.70 bits per heavy atom. The van der Waals surface area contributed by atoms with Crippen molar-refractivity contribution in [1.29, 1.82) is 0 Å². The summed E-state index contributed by atoms with van der Waals surface area (Å²) in [4.78, 5) is 11.0. The van der Waals surface area contributed by atoms with E-state index in [1.165, 1.54) is 10.9 Å². The van der Waals surface area contributed by atoms with Crippen molar-refractivity contribution in [2.24, 2.45) is 0 Å². The van der Waals surface area contributed by atoms with Gasteiger partial charge in [-0.25, -0.2) is 17.2 Å². The number of hydrogen-bond acceptors (Lipinski definition) is 4. The Morgan fingerprint density at radius 2 is 2.13 bits per heavy atom. The molecular formula is C13H13F2N3O4S. The van der Waals surface area contributed by atoms with Crippen LogP contribution in [0.25, 0.3) is 0 Å². The number of rotatable bonds is 6. The number of aromatic nitrogens is 2. The molecule has 1 atom stereocenters. The standard InChI is InChI=1S/C13H13F2N3O4S/c1-2-18-7-9(6-16-18)23(21,22)17-12(13(19)20)10-5-8(14)3-4-11(10)15/h3-7,12,17H,2H2,1H3,(H,19,20). The molecule has 0 saturated carbocycles. The maximum Gasteiger partial charge on any atom is 0.326 e. The normalized spacial score (nSPS) is 13.0. The third kappa shape index (κ3) is 3.71. The van der Waals surface area contributed by atoms with Gasteiger partial charge in [-0.05, 0) is 25.1 Å². The Hall–Kier alpha value is -2.33. The average molecular weight is 345 g/mol. The molecule has 124 valence electrons. The van der Waals surface area contributed by atoms with Gasteiger partial charge in [0, 0.05) is 18.3 Å². The number of aliphatic carboxylic acids is 1. The molecule has 2 aromatic rings. The van der Waals surface area contributed by atoms with Crippen LogP contribution in [-0.4, -0.2) is 29.3 Å². The lowest BCUT2D eigenvalue weighted by molar-refractivity contribution is -0.139. The maximum atomic E-state index is 13.7. The van der Waals surface area contributed by atoms with Gasteiger partial charge in [-0.3, -0.25) is 9.48 Å². The summed E-state index contributed by atoms with van der Waals surface area (Å²) in [6.45, 7) is 2.15. The Morgan fingerprint density at radius 1 is 1.43 bits per heavy atom. The number of aryl methyl sites for hydroxylation is 1. The number of nitrogens with zero attached hydrogens (tertiary/aromatic N) is 2. The lowest BCUT2D eigenvalue weighted by atomic mass is 10.1. The number of hydrogen-bond donors (Lipinski definition) is 2. The highest BCUT2D eigenvalue weighted by atomic mass is 32.2. The fourth-order valence-electron chi connectivity index (χ4n) is 1.86. The van der Waals surface area contributed by atoms with Gasteiger partial charge in [0.05, 0.1) is 6.20 Å². The van der Waals surface area contributed by atoms with E-state index in [0.29, 0.717) is 12.6 Å². The zero-order chi connectivity index (χ0) is 17.2. The Bertz CT molecular complexity index is 835. The Labute approximate surface area is 130 Å². The monoisotopic (exact) mass is 345 g/mol. The highest BCUT2D eigenvalue weighted by molar-refractivity contribution is 7.89. The van der Waals surface area contributed by atoms with Crippen LogP contribution in [0.2, 0.25) is 0 Å². The molecule has 1 aromatic heterocycles. The molecule has 2 rings (SSSR count). The van der Waals surface area contributed by atoms with Crippen molar-refractivity contribution in [3.63, 3.8) is 0 Å². The molecule has 0 amide bonds. The second-order valence-corrected chi connectivity index (χ2v) is 6.30. The highest BCUT2D eigenvalue weighted by Gasteiger charge is 2.30. The first-order valence-electron chi connectivity index (χ1n) is 6.47. The van der Waals surface area contributed by atoms with Gasteiger partial charge in [-0.1, -0.05) is 0 Å². The van der Waals surface area contributed by atoms with E-state index in [9.17, 15) is 22.0 Å². The van der Waals surface area contributed by atoms with Crippen molar-refractivity contribution in [2.75, 3.05) is 0 Å². The summed E-state index contributed by atoms with van der Waals surface area (Å²) in [5, 5.41) is 12.9. The van der Waals surface area contributed by atoms with Crippen LogP contribution in [0.3, 0.4) is 0 Å². The van der Waals surface area contributed by atoms with Crippen molar-refractivity contribution < 1.29 is 27.1 Å². The SMILES string of the molecule is CCn1cc(S(=O)(=O)NC(C(=O)O)c2cc(F)ccc2F)cn1. The number of sulfonamides is 1. The molecule has 2 N–H and O–H groups in total. The molecule has 1 aromatic carbocycles. The summed E-state index contributed by atoms with van der Waals surface area (Å²) >= 11 is 0. The summed E-state index contributed by atoms with van der Waals surface area (Å²) in [6.07, 6.45) is 2.23. The third-order valence-corrected chi connectivity index (χ3v) is 4.41. The summed E-state index contributed by atoms with van der Waals surface area (Å²) in [5.74, 6) is -3.59. The fourth-order valence-corrected chi connectivity index (χ4v) is 2.98. The van der Waals surface area contributed by atoms with Gasteiger partial charge in [0.1, 0.15) is 22.6 Å². The number of carbonyl (C=O) groups is 1. The van der Waals surface area contributed by atoms with Crippen molar-refractivity contribution >= 4 is 16.0 Å². The van der Waals surface area contributed by atoms with Gasteiger partial charge in [0.25, 0.3) is 0 Å². The van der Waals surface area contributed by atoms with Crippen molar-refractivity contribution in [3.8, 4) is 0 Å². The van der Waals surface area contributed by atoms with Crippen LogP contribution in [-0.2, 0) is 21.4 Å². The smallest absolute Gasteiger partial charge is 0.326 e. The summed E-state index contributed by atoms with van der Waals surface area (Å²) in [6, 6.07) is 0.189. The maximum absolute atomic E-state index is 13.7. The molecule has 0 radical (unpaired) electrons. The summed E-state index contributed by atoms with van der Waals surface area (Å²) < 4.78 is 54.5. The van der Waals surface area contributed by atoms with Crippen LogP contribution in [0.1, 0.15) is 18.5 Å². The van der Waals surface area contributed by atoms with E-state index in [-0.39, 0.29) is 4.90 Å². The van der Waals surface area contributed by atoms with E-state index < -0.39 is 39.2 Å². The second-order valence-electron chi connectivity index (χ2n) is 4.59. The van der Waals surface area contributed by atoms with Gasteiger partial charge >= 0.3 is 5.97 Å². The van der Waals surface area contributed by atoms with Crippen LogP contribution < -0.4 is 4.72 Å². The molecule has 0 aliphatic heterocycles. The van der Waals surface area contributed by atoms with Crippen LogP contribution >= 0.6 is 0 Å². The molecule has 23 heavy (non-hydrogen) atoms. The van der Waals surface area contributed by atoms with Crippen molar-refractivity contribution in [3.05, 3.63) is 47.8 Å². The minimum atomic E-state index is -4.27. The summed E-state index contributed by atoms with van der Waals surface area (Å²) in [7, 11) is -4.27. The Kier molecular flexibility index (Phi) is 4.76. The molecule has 0 saturated heterocycles. The fraction of sp³-hybridized carbons (Fsp3) is 0.231. The molecule has 0 aliphatic carbocycles.